The Morgan fingerprint density at radius 1 is 1.37 bits per heavy atom. The summed E-state index contributed by atoms with van der Waals surface area (Å²) in [5.41, 5.74) is -2.48. The highest BCUT2D eigenvalue weighted by Gasteiger charge is 2.44. The van der Waals surface area contributed by atoms with Crippen LogP contribution in [-0.4, -0.2) is 49.8 Å². The highest BCUT2D eigenvalue weighted by molar-refractivity contribution is 5.05. The van der Waals surface area contributed by atoms with Crippen LogP contribution in [-0.2, 0) is 4.74 Å². The number of nitrogens with one attached hydrogen (secondary N) is 1. The largest absolute Gasteiger partial charge is 0.394 e. The van der Waals surface area contributed by atoms with Crippen molar-refractivity contribution in [1.82, 2.24) is 9.55 Å². The van der Waals surface area contributed by atoms with Gasteiger partial charge in [-0.15, -0.1) is 0 Å². The van der Waals surface area contributed by atoms with Crippen molar-refractivity contribution < 1.29 is 24.4 Å². The molecule has 4 unspecified atom stereocenters. The molecule has 1 aliphatic heterocycles. The molecule has 1 aromatic rings. The number of hydrogen-bond acceptors (Lipinski definition) is 6. The van der Waals surface area contributed by atoms with Crippen LogP contribution in [0.1, 0.15) is 11.9 Å². The number of aromatic amines is 1. The van der Waals surface area contributed by atoms with Crippen molar-refractivity contribution in [3.63, 3.8) is 0 Å². The predicted molar refractivity (Wildman–Crippen MR) is 59.0 cm³/mol. The fourth-order valence-electron chi connectivity index (χ4n) is 2.03. The fraction of sp³-hybridized carbons (Fsp3) is 0.600. The van der Waals surface area contributed by atoms with E-state index in [1.165, 1.54) is 6.92 Å². The van der Waals surface area contributed by atoms with Gasteiger partial charge in [0.25, 0.3) is 5.56 Å². The summed E-state index contributed by atoms with van der Waals surface area (Å²) in [7, 11) is 0. The van der Waals surface area contributed by atoms with Crippen LogP contribution in [0.15, 0.2) is 9.59 Å². The van der Waals surface area contributed by atoms with Crippen molar-refractivity contribution in [2.75, 3.05) is 6.61 Å². The third-order valence-corrected chi connectivity index (χ3v) is 3.09. The third kappa shape index (κ3) is 2.10. The first-order valence-corrected chi connectivity index (χ1v) is 5.51. The molecule has 1 aromatic heterocycles. The molecule has 1 saturated heterocycles. The van der Waals surface area contributed by atoms with E-state index in [1.54, 1.807) is 4.98 Å². The van der Waals surface area contributed by atoms with Gasteiger partial charge in [-0.05, 0) is 6.92 Å². The van der Waals surface area contributed by atoms with E-state index in [4.69, 9.17) is 9.84 Å². The lowest BCUT2D eigenvalue weighted by molar-refractivity contribution is -0.0564. The number of halogens is 1. The van der Waals surface area contributed by atoms with E-state index in [2.05, 4.69) is 0 Å². The fourth-order valence-corrected chi connectivity index (χ4v) is 2.03. The molecular formula is C10H13FN2O6. The molecule has 1 aliphatic rings. The molecule has 0 radical (unpaired) electrons. The molecule has 4 atom stereocenters. The Kier molecular flexibility index (Phi) is 3.54. The van der Waals surface area contributed by atoms with Crippen LogP contribution in [0.2, 0.25) is 0 Å². The Labute approximate surface area is 105 Å². The second-order valence-electron chi connectivity index (χ2n) is 4.26. The molecule has 0 aliphatic carbocycles. The lowest BCUT2D eigenvalue weighted by atomic mass is 10.1. The molecule has 0 aromatic carbocycles. The number of ether oxygens (including phenoxy) is 1. The van der Waals surface area contributed by atoms with Crippen molar-refractivity contribution in [2.24, 2.45) is 0 Å². The number of nitrogens with zero attached hydrogens (tertiary/aromatic N) is 1. The van der Waals surface area contributed by atoms with Crippen LogP contribution in [0.25, 0.3) is 0 Å². The quantitative estimate of drug-likeness (QED) is 0.477. The van der Waals surface area contributed by atoms with Crippen LogP contribution in [0.3, 0.4) is 0 Å². The second kappa shape index (κ2) is 4.85. The average molecular weight is 276 g/mol. The van der Waals surface area contributed by atoms with Crippen molar-refractivity contribution in [3.8, 4) is 0 Å². The van der Waals surface area contributed by atoms with Gasteiger partial charge < -0.3 is 20.1 Å². The van der Waals surface area contributed by atoms with Gasteiger partial charge in [-0.3, -0.25) is 14.3 Å². The van der Waals surface area contributed by atoms with Crippen molar-refractivity contribution in [3.05, 3.63) is 32.3 Å². The second-order valence-corrected chi connectivity index (χ2v) is 4.26. The molecule has 2 heterocycles. The molecule has 4 N–H and O–H groups in total. The Balaban J connectivity index is 2.52. The SMILES string of the molecule is Cc1c(F)c(=O)[nH]c(=O)n1C1OC(CO)C(O)C1O. The predicted octanol–water partition coefficient (Wildman–Crippen LogP) is -2.40. The standard InChI is InChI=1S/C10H13FN2O6/c1-3-5(11)8(17)12-10(18)13(3)9-7(16)6(15)4(2-14)19-9/h4,6-7,9,14-16H,2H2,1H3,(H,12,17,18). The lowest BCUT2D eigenvalue weighted by Crippen LogP contribution is -2.40. The number of H-pyrrole nitrogens is 1. The summed E-state index contributed by atoms with van der Waals surface area (Å²) in [5, 5.41) is 28.3. The number of aliphatic hydroxyl groups excluding tert-OH is 3. The van der Waals surface area contributed by atoms with Crippen LogP contribution < -0.4 is 11.2 Å². The van der Waals surface area contributed by atoms with E-state index < -0.39 is 48.2 Å². The molecule has 0 spiro atoms. The van der Waals surface area contributed by atoms with Gasteiger partial charge in [0.05, 0.1) is 12.3 Å². The molecule has 106 valence electrons. The number of hydrogen-bond donors (Lipinski definition) is 4. The van der Waals surface area contributed by atoms with Gasteiger partial charge in [0.15, 0.2) is 6.23 Å². The Hall–Kier alpha value is -1.55. The molecule has 0 saturated carbocycles. The number of rotatable bonds is 2. The average Bonchev–Trinajstić information content (AvgIpc) is 2.64. The number of aliphatic hydroxyl groups is 3. The van der Waals surface area contributed by atoms with Gasteiger partial charge in [-0.1, -0.05) is 0 Å². The summed E-state index contributed by atoms with van der Waals surface area (Å²) in [4.78, 5) is 24.4. The van der Waals surface area contributed by atoms with Crippen molar-refractivity contribution in [2.45, 2.75) is 31.5 Å². The van der Waals surface area contributed by atoms with Crippen LogP contribution in [0.4, 0.5) is 4.39 Å². The van der Waals surface area contributed by atoms with Gasteiger partial charge >= 0.3 is 5.69 Å². The minimum Gasteiger partial charge on any atom is -0.394 e. The van der Waals surface area contributed by atoms with E-state index in [1.807, 2.05) is 0 Å². The highest BCUT2D eigenvalue weighted by atomic mass is 19.1. The van der Waals surface area contributed by atoms with E-state index in [0.717, 1.165) is 0 Å². The smallest absolute Gasteiger partial charge is 0.330 e. The van der Waals surface area contributed by atoms with Gasteiger partial charge in [0.2, 0.25) is 5.82 Å². The minimum absolute atomic E-state index is 0.330. The van der Waals surface area contributed by atoms with E-state index in [0.29, 0.717) is 4.57 Å². The molecule has 0 bridgehead atoms. The maximum Gasteiger partial charge on any atom is 0.330 e. The minimum atomic E-state index is -1.53. The molecule has 0 amide bonds. The van der Waals surface area contributed by atoms with Gasteiger partial charge in [-0.2, -0.15) is 4.39 Å². The van der Waals surface area contributed by atoms with Crippen LogP contribution in [0, 0.1) is 12.7 Å². The first-order valence-electron chi connectivity index (χ1n) is 5.51. The maximum atomic E-state index is 13.5. The monoisotopic (exact) mass is 276 g/mol. The summed E-state index contributed by atoms with van der Waals surface area (Å²) in [6, 6.07) is 0. The first-order chi connectivity index (χ1) is 8.88. The van der Waals surface area contributed by atoms with Crippen LogP contribution in [0.5, 0.6) is 0 Å². The van der Waals surface area contributed by atoms with Crippen molar-refractivity contribution >= 4 is 0 Å². The summed E-state index contributed by atoms with van der Waals surface area (Å²) in [6.45, 7) is 0.592. The third-order valence-electron chi connectivity index (χ3n) is 3.09. The molecule has 2 rings (SSSR count). The highest BCUT2D eigenvalue weighted by Crippen LogP contribution is 2.28. The molecule has 8 nitrogen and oxygen atoms in total. The Morgan fingerprint density at radius 3 is 2.53 bits per heavy atom. The maximum absolute atomic E-state index is 13.5. The normalized spacial score (nSPS) is 30.8. The lowest BCUT2D eigenvalue weighted by Gasteiger charge is -2.19. The topological polar surface area (TPSA) is 125 Å². The zero-order chi connectivity index (χ0) is 14.3. The van der Waals surface area contributed by atoms with E-state index in [-0.39, 0.29) is 5.69 Å². The summed E-state index contributed by atoms with van der Waals surface area (Å²) in [5.74, 6) is -1.18. The van der Waals surface area contributed by atoms with Gasteiger partial charge in [-0.25, -0.2) is 4.79 Å². The Morgan fingerprint density at radius 2 is 2.00 bits per heavy atom. The number of aromatic nitrogens is 2. The first kappa shape index (κ1) is 13.9. The van der Waals surface area contributed by atoms with Crippen LogP contribution >= 0.6 is 0 Å². The summed E-state index contributed by atoms with van der Waals surface area (Å²) < 4.78 is 19.3. The van der Waals surface area contributed by atoms with Gasteiger partial charge in [0.1, 0.15) is 18.3 Å². The molecule has 1 fully saturated rings. The molecule has 9 heteroatoms. The van der Waals surface area contributed by atoms with Crippen molar-refractivity contribution in [1.29, 1.82) is 0 Å². The molecule has 19 heavy (non-hydrogen) atoms. The van der Waals surface area contributed by atoms with E-state index in [9.17, 15) is 24.2 Å². The summed E-state index contributed by atoms with van der Waals surface area (Å²) >= 11 is 0. The van der Waals surface area contributed by atoms with Gasteiger partial charge in [0, 0.05) is 0 Å². The Bertz CT molecular complexity index is 597. The zero-order valence-electron chi connectivity index (χ0n) is 9.91. The molecular weight excluding hydrogens is 263 g/mol. The van der Waals surface area contributed by atoms with E-state index >= 15 is 0 Å². The summed E-state index contributed by atoms with van der Waals surface area (Å²) in [6.07, 6.45) is -5.43. The zero-order valence-corrected chi connectivity index (χ0v) is 9.91.